The quantitative estimate of drug-likeness (QED) is 0.615. The number of pyridine rings is 1. The van der Waals surface area contributed by atoms with Crippen LogP contribution in [-0.4, -0.2) is 48.2 Å². The Balaban J connectivity index is 1.52. The molecule has 1 amide bonds. The molecule has 1 fully saturated rings. The average molecular weight is 393 g/mol. The van der Waals surface area contributed by atoms with Crippen LogP contribution in [-0.2, 0) is 17.9 Å². The molecule has 1 aliphatic rings. The van der Waals surface area contributed by atoms with Gasteiger partial charge in [0.1, 0.15) is 5.65 Å². The van der Waals surface area contributed by atoms with Crippen molar-refractivity contribution in [2.45, 2.75) is 26.4 Å². The van der Waals surface area contributed by atoms with Gasteiger partial charge in [0.15, 0.2) is 5.82 Å². The summed E-state index contributed by atoms with van der Waals surface area (Å²) in [5.74, 6) is 1.37. The van der Waals surface area contributed by atoms with Gasteiger partial charge in [0.05, 0.1) is 0 Å². The Morgan fingerprint density at radius 1 is 1.34 bits per heavy atom. The molecule has 3 aromatic heterocycles. The Hall–Kier alpha value is -3.49. The first kappa shape index (κ1) is 18.9. The molecule has 9 heteroatoms. The second-order valence-corrected chi connectivity index (χ2v) is 7.08. The van der Waals surface area contributed by atoms with Crippen molar-refractivity contribution in [2.24, 2.45) is 5.92 Å². The number of anilines is 2. The first-order valence-electron chi connectivity index (χ1n) is 9.65. The van der Waals surface area contributed by atoms with Gasteiger partial charge in [0.2, 0.25) is 11.9 Å². The van der Waals surface area contributed by atoms with E-state index in [1.54, 1.807) is 26.4 Å². The molecule has 3 aromatic rings. The molecular weight excluding hydrogens is 370 g/mol. The monoisotopic (exact) mass is 393 g/mol. The first-order valence-corrected chi connectivity index (χ1v) is 9.65. The zero-order chi connectivity index (χ0) is 20.4. The molecule has 4 heterocycles. The molecule has 0 unspecified atom stereocenters. The van der Waals surface area contributed by atoms with Crippen molar-refractivity contribution < 1.29 is 4.79 Å². The predicted octanol–water partition coefficient (Wildman–Crippen LogP) is 1.79. The molecule has 4 rings (SSSR count). The van der Waals surface area contributed by atoms with Crippen molar-refractivity contribution in [1.82, 2.24) is 29.2 Å². The minimum atomic E-state index is -0.101. The summed E-state index contributed by atoms with van der Waals surface area (Å²) in [7, 11) is 0. The zero-order valence-electron chi connectivity index (χ0n) is 16.3. The molecule has 1 N–H and O–H groups in total. The normalized spacial score (nSPS) is 14.0. The minimum absolute atomic E-state index is 0.0439. The van der Waals surface area contributed by atoms with Crippen LogP contribution in [0, 0.1) is 5.92 Å². The maximum atomic E-state index is 12.5. The number of aryl methyl sites for hydroxylation is 2. The number of fused-ring (bicyclic) bond motifs is 1. The van der Waals surface area contributed by atoms with Gasteiger partial charge in [0, 0.05) is 56.1 Å². The van der Waals surface area contributed by atoms with Crippen LogP contribution in [0.15, 0.2) is 48.0 Å². The van der Waals surface area contributed by atoms with Crippen molar-refractivity contribution >= 4 is 28.7 Å². The molecule has 150 valence electrons. The van der Waals surface area contributed by atoms with E-state index in [2.05, 4.69) is 27.0 Å². The van der Waals surface area contributed by atoms with Gasteiger partial charge >= 0.3 is 0 Å². The van der Waals surface area contributed by atoms with Crippen molar-refractivity contribution in [1.29, 1.82) is 0 Å². The zero-order valence-corrected chi connectivity index (χ0v) is 16.3. The van der Waals surface area contributed by atoms with E-state index in [-0.39, 0.29) is 11.5 Å². The maximum Gasteiger partial charge on any atom is 0.252 e. The van der Waals surface area contributed by atoms with Crippen LogP contribution in [0.1, 0.15) is 13.3 Å². The van der Waals surface area contributed by atoms with Gasteiger partial charge in [0.25, 0.3) is 5.56 Å². The van der Waals surface area contributed by atoms with Crippen LogP contribution >= 0.6 is 0 Å². The van der Waals surface area contributed by atoms with Gasteiger partial charge in [-0.3, -0.25) is 18.8 Å². The molecular formula is C20H23N7O2. The van der Waals surface area contributed by atoms with E-state index in [9.17, 15) is 9.59 Å². The Labute approximate surface area is 167 Å². The molecule has 1 saturated heterocycles. The van der Waals surface area contributed by atoms with Crippen LogP contribution in [0.25, 0.3) is 11.0 Å². The average Bonchev–Trinajstić information content (AvgIpc) is 3.15. The smallest absolute Gasteiger partial charge is 0.252 e. The number of nitrogens with one attached hydrogen (secondary N) is 1. The number of aromatic nitrogens is 5. The predicted molar refractivity (Wildman–Crippen MR) is 110 cm³/mol. The van der Waals surface area contributed by atoms with Crippen LogP contribution in [0.4, 0.5) is 11.8 Å². The number of carbonyl (C=O) groups is 1. The van der Waals surface area contributed by atoms with Gasteiger partial charge < -0.3 is 10.2 Å². The fourth-order valence-corrected chi connectivity index (χ4v) is 3.44. The molecule has 0 aromatic carbocycles. The number of hydrogen-bond acceptors (Lipinski definition) is 6. The van der Waals surface area contributed by atoms with Crippen molar-refractivity contribution in [2.75, 3.05) is 18.4 Å². The molecule has 0 bridgehead atoms. The highest BCUT2D eigenvalue weighted by Gasteiger charge is 2.28. The summed E-state index contributed by atoms with van der Waals surface area (Å²) in [5, 5.41) is 8.25. The SMILES string of the molecule is C=CC(=O)N1CC(CCn2c(=O)ccc3cnc(Nc4ccn(CC)n4)nc32)C1. The summed E-state index contributed by atoms with van der Waals surface area (Å²) in [6.45, 7) is 8.24. The van der Waals surface area contributed by atoms with E-state index < -0.39 is 0 Å². The number of carbonyl (C=O) groups excluding carboxylic acids is 1. The summed E-state index contributed by atoms with van der Waals surface area (Å²) in [4.78, 5) is 34.7. The second-order valence-electron chi connectivity index (χ2n) is 7.08. The third-order valence-electron chi connectivity index (χ3n) is 5.13. The summed E-state index contributed by atoms with van der Waals surface area (Å²) in [6, 6.07) is 5.12. The van der Waals surface area contributed by atoms with E-state index in [0.717, 1.165) is 18.4 Å². The van der Waals surface area contributed by atoms with Crippen molar-refractivity contribution in [3.63, 3.8) is 0 Å². The van der Waals surface area contributed by atoms with Gasteiger partial charge in [-0.1, -0.05) is 6.58 Å². The van der Waals surface area contributed by atoms with E-state index >= 15 is 0 Å². The second kappa shape index (κ2) is 7.86. The van der Waals surface area contributed by atoms with E-state index in [0.29, 0.717) is 43.0 Å². The lowest BCUT2D eigenvalue weighted by Gasteiger charge is -2.38. The fourth-order valence-electron chi connectivity index (χ4n) is 3.44. The number of likely N-dealkylation sites (tertiary alicyclic amines) is 1. The first-order chi connectivity index (χ1) is 14.1. The Morgan fingerprint density at radius 2 is 2.17 bits per heavy atom. The highest BCUT2D eigenvalue weighted by molar-refractivity contribution is 5.87. The fraction of sp³-hybridized carbons (Fsp3) is 0.350. The lowest BCUT2D eigenvalue weighted by Crippen LogP contribution is -2.49. The Bertz CT molecular complexity index is 1110. The molecule has 0 spiro atoms. The number of hydrogen-bond donors (Lipinski definition) is 1. The summed E-state index contributed by atoms with van der Waals surface area (Å²) < 4.78 is 3.48. The molecule has 0 atom stereocenters. The standard InChI is InChI=1S/C20H23N7O2/c1-3-17(28)25-12-14(13-25)7-10-27-18(29)6-5-15-11-21-20(23-19(15)27)22-16-8-9-26(4-2)24-16/h3,5-6,8-9,11,14H,1,4,7,10,12-13H2,2H3,(H,21,22,23,24). The molecule has 0 saturated carbocycles. The topological polar surface area (TPSA) is 97.9 Å². The van der Waals surface area contributed by atoms with Crippen LogP contribution in [0.3, 0.4) is 0 Å². The van der Waals surface area contributed by atoms with Crippen LogP contribution in [0.5, 0.6) is 0 Å². The van der Waals surface area contributed by atoms with Crippen molar-refractivity contribution in [3.8, 4) is 0 Å². The maximum absolute atomic E-state index is 12.5. The van der Waals surface area contributed by atoms with Crippen LogP contribution < -0.4 is 10.9 Å². The molecule has 0 radical (unpaired) electrons. The van der Waals surface area contributed by atoms with Crippen molar-refractivity contribution in [3.05, 3.63) is 53.6 Å². The van der Waals surface area contributed by atoms with E-state index in [4.69, 9.17) is 0 Å². The van der Waals surface area contributed by atoms with E-state index in [1.807, 2.05) is 19.2 Å². The molecule has 9 nitrogen and oxygen atoms in total. The van der Waals surface area contributed by atoms with Gasteiger partial charge in [-0.15, -0.1) is 0 Å². The van der Waals surface area contributed by atoms with Crippen LogP contribution in [0.2, 0.25) is 0 Å². The summed E-state index contributed by atoms with van der Waals surface area (Å²) >= 11 is 0. The largest absolute Gasteiger partial charge is 0.338 e. The molecule has 29 heavy (non-hydrogen) atoms. The molecule has 0 aliphatic carbocycles. The van der Waals surface area contributed by atoms with Gasteiger partial charge in [-0.25, -0.2) is 4.98 Å². The highest BCUT2D eigenvalue weighted by atomic mass is 16.2. The van der Waals surface area contributed by atoms with Gasteiger partial charge in [-0.05, 0) is 31.4 Å². The summed E-state index contributed by atoms with van der Waals surface area (Å²) in [5.41, 5.74) is 0.485. The third kappa shape index (κ3) is 3.89. The highest BCUT2D eigenvalue weighted by Crippen LogP contribution is 2.21. The van der Waals surface area contributed by atoms with Gasteiger partial charge in [-0.2, -0.15) is 10.1 Å². The Kier molecular flexibility index (Phi) is 5.11. The number of amides is 1. The molecule has 1 aliphatic heterocycles. The lowest BCUT2D eigenvalue weighted by atomic mass is 9.96. The number of rotatable bonds is 7. The third-order valence-corrected chi connectivity index (χ3v) is 5.13. The lowest BCUT2D eigenvalue weighted by molar-refractivity contribution is -0.132. The number of nitrogens with zero attached hydrogens (tertiary/aromatic N) is 6. The Morgan fingerprint density at radius 3 is 2.90 bits per heavy atom. The van der Waals surface area contributed by atoms with E-state index in [1.165, 1.54) is 12.1 Å². The summed E-state index contributed by atoms with van der Waals surface area (Å²) in [6.07, 6.45) is 5.71. The minimum Gasteiger partial charge on any atom is -0.338 e.